The van der Waals surface area contributed by atoms with E-state index in [2.05, 4.69) is 55.3 Å². The first-order valence-corrected chi connectivity index (χ1v) is 11.9. The standard InChI is InChI=1S/C28H36N2O3/c1-5-10-24(23-11-7-8-12-25(23)30-18-9-17-28(3,4)20-30)29-26(31)19-21-13-15-22(16-14-21)27(32)33-6-2/h7-8,10-16H,5-6,9,17-20H2,1-4H3,(H,29,31). The Morgan fingerprint density at radius 3 is 2.48 bits per heavy atom. The number of benzene rings is 2. The molecule has 0 aromatic heterocycles. The average molecular weight is 449 g/mol. The molecule has 33 heavy (non-hydrogen) atoms. The van der Waals surface area contributed by atoms with E-state index in [1.165, 1.54) is 18.5 Å². The van der Waals surface area contributed by atoms with Crippen molar-refractivity contribution in [2.75, 3.05) is 24.6 Å². The fourth-order valence-corrected chi connectivity index (χ4v) is 4.39. The van der Waals surface area contributed by atoms with Crippen molar-refractivity contribution in [3.8, 4) is 0 Å². The molecule has 5 heteroatoms. The van der Waals surface area contributed by atoms with Gasteiger partial charge in [0.2, 0.25) is 5.91 Å². The predicted octanol–water partition coefficient (Wildman–Crippen LogP) is 5.60. The van der Waals surface area contributed by atoms with Gasteiger partial charge in [0.15, 0.2) is 0 Å². The molecule has 2 aromatic carbocycles. The number of carbonyl (C=O) groups excluding carboxylic acids is 2. The topological polar surface area (TPSA) is 58.6 Å². The molecule has 3 rings (SSSR count). The van der Waals surface area contributed by atoms with Gasteiger partial charge in [-0.05, 0) is 55.4 Å². The number of rotatable bonds is 8. The van der Waals surface area contributed by atoms with E-state index >= 15 is 0 Å². The van der Waals surface area contributed by atoms with Crippen LogP contribution in [0.1, 0.15) is 68.4 Å². The highest BCUT2D eigenvalue weighted by molar-refractivity contribution is 5.91. The van der Waals surface area contributed by atoms with Gasteiger partial charge in [0.25, 0.3) is 0 Å². The van der Waals surface area contributed by atoms with Crippen molar-refractivity contribution >= 4 is 23.3 Å². The van der Waals surface area contributed by atoms with Gasteiger partial charge in [0.05, 0.1) is 18.6 Å². The van der Waals surface area contributed by atoms with Crippen molar-refractivity contribution in [1.29, 1.82) is 0 Å². The van der Waals surface area contributed by atoms with Gasteiger partial charge in [-0.3, -0.25) is 4.79 Å². The van der Waals surface area contributed by atoms with Crippen LogP contribution >= 0.6 is 0 Å². The van der Waals surface area contributed by atoms with Gasteiger partial charge in [-0.25, -0.2) is 4.79 Å². The highest BCUT2D eigenvalue weighted by Crippen LogP contribution is 2.34. The molecule has 0 unspecified atom stereocenters. The van der Waals surface area contributed by atoms with Gasteiger partial charge >= 0.3 is 5.97 Å². The third-order valence-electron chi connectivity index (χ3n) is 5.95. The van der Waals surface area contributed by atoms with Crippen LogP contribution in [0.5, 0.6) is 0 Å². The molecule has 1 aliphatic rings. The molecule has 2 aromatic rings. The number of piperidine rings is 1. The van der Waals surface area contributed by atoms with Crippen LogP contribution in [0.4, 0.5) is 5.69 Å². The van der Waals surface area contributed by atoms with Crippen LogP contribution in [-0.2, 0) is 16.0 Å². The maximum Gasteiger partial charge on any atom is 0.338 e. The summed E-state index contributed by atoms with van der Waals surface area (Å²) >= 11 is 0. The van der Waals surface area contributed by atoms with Crippen LogP contribution in [-0.4, -0.2) is 31.6 Å². The maximum atomic E-state index is 12.9. The summed E-state index contributed by atoms with van der Waals surface area (Å²) in [7, 11) is 0. The van der Waals surface area contributed by atoms with E-state index in [4.69, 9.17) is 4.74 Å². The van der Waals surface area contributed by atoms with E-state index in [1.807, 2.05) is 6.07 Å². The smallest absolute Gasteiger partial charge is 0.338 e. The molecule has 5 nitrogen and oxygen atoms in total. The minimum Gasteiger partial charge on any atom is -0.462 e. The number of para-hydroxylation sites is 1. The van der Waals surface area contributed by atoms with Crippen molar-refractivity contribution in [2.45, 2.75) is 53.4 Å². The monoisotopic (exact) mass is 448 g/mol. The molecule has 0 saturated carbocycles. The Labute approximate surface area is 197 Å². The van der Waals surface area contributed by atoms with Gasteiger partial charge in [0, 0.05) is 30.0 Å². The van der Waals surface area contributed by atoms with E-state index in [1.54, 1.807) is 31.2 Å². The second kappa shape index (κ2) is 11.2. The van der Waals surface area contributed by atoms with Crippen LogP contribution in [0.3, 0.4) is 0 Å². The largest absolute Gasteiger partial charge is 0.462 e. The van der Waals surface area contributed by atoms with Crippen LogP contribution in [0.15, 0.2) is 54.6 Å². The first-order chi connectivity index (χ1) is 15.8. The lowest BCUT2D eigenvalue weighted by atomic mass is 9.83. The first kappa shape index (κ1) is 24.6. The minimum atomic E-state index is -0.348. The van der Waals surface area contributed by atoms with Crippen molar-refractivity contribution in [3.05, 3.63) is 71.3 Å². The Morgan fingerprint density at radius 2 is 1.82 bits per heavy atom. The third-order valence-corrected chi connectivity index (χ3v) is 5.95. The quantitative estimate of drug-likeness (QED) is 0.534. The van der Waals surface area contributed by atoms with Crippen molar-refractivity contribution in [2.24, 2.45) is 5.41 Å². The summed E-state index contributed by atoms with van der Waals surface area (Å²) in [6.45, 7) is 10.9. The molecular formula is C28H36N2O3. The Bertz CT molecular complexity index is 992. The Kier molecular flexibility index (Phi) is 8.32. The average Bonchev–Trinajstić information content (AvgIpc) is 2.79. The van der Waals surface area contributed by atoms with Crippen molar-refractivity contribution in [1.82, 2.24) is 5.32 Å². The summed E-state index contributed by atoms with van der Waals surface area (Å²) < 4.78 is 5.02. The van der Waals surface area contributed by atoms with Gasteiger partial charge in [-0.15, -0.1) is 0 Å². The lowest BCUT2D eigenvalue weighted by Gasteiger charge is -2.40. The molecular weight excluding hydrogens is 412 g/mol. The zero-order chi connectivity index (χ0) is 23.8. The molecule has 1 saturated heterocycles. The molecule has 1 aliphatic heterocycles. The SMILES string of the molecule is CCC=C(NC(=O)Cc1ccc(C(=O)OCC)cc1)c1ccccc1N1CCCC(C)(C)C1. The Balaban J connectivity index is 1.75. The van der Waals surface area contributed by atoms with Gasteiger partial charge in [0.1, 0.15) is 0 Å². The lowest BCUT2D eigenvalue weighted by molar-refractivity contribution is -0.119. The van der Waals surface area contributed by atoms with E-state index in [9.17, 15) is 9.59 Å². The highest BCUT2D eigenvalue weighted by Gasteiger charge is 2.28. The molecule has 1 heterocycles. The van der Waals surface area contributed by atoms with Crippen LogP contribution in [0.2, 0.25) is 0 Å². The van der Waals surface area contributed by atoms with Crippen LogP contribution in [0, 0.1) is 5.41 Å². The fourth-order valence-electron chi connectivity index (χ4n) is 4.39. The number of nitrogens with one attached hydrogen (secondary N) is 1. The number of hydrogen-bond donors (Lipinski definition) is 1. The second-order valence-electron chi connectivity index (χ2n) is 9.37. The number of carbonyl (C=O) groups is 2. The number of allylic oxidation sites excluding steroid dienone is 1. The maximum absolute atomic E-state index is 12.9. The van der Waals surface area contributed by atoms with Gasteiger partial charge in [-0.2, -0.15) is 0 Å². The van der Waals surface area contributed by atoms with Crippen molar-refractivity contribution < 1.29 is 14.3 Å². The number of hydrogen-bond acceptors (Lipinski definition) is 4. The summed E-state index contributed by atoms with van der Waals surface area (Å²) in [6.07, 6.45) is 5.54. The molecule has 1 fully saturated rings. The summed E-state index contributed by atoms with van der Waals surface area (Å²) in [5, 5.41) is 3.14. The molecule has 0 atom stereocenters. The first-order valence-electron chi connectivity index (χ1n) is 11.9. The molecule has 0 bridgehead atoms. The predicted molar refractivity (Wildman–Crippen MR) is 134 cm³/mol. The second-order valence-corrected chi connectivity index (χ2v) is 9.37. The van der Waals surface area contributed by atoms with E-state index in [0.717, 1.165) is 36.3 Å². The molecule has 176 valence electrons. The van der Waals surface area contributed by atoms with Gasteiger partial charge in [-0.1, -0.05) is 57.2 Å². The molecule has 0 spiro atoms. The summed E-state index contributed by atoms with van der Waals surface area (Å²) in [6, 6.07) is 15.4. The Morgan fingerprint density at radius 1 is 1.09 bits per heavy atom. The number of ether oxygens (including phenoxy) is 1. The van der Waals surface area contributed by atoms with Crippen LogP contribution in [0.25, 0.3) is 5.70 Å². The lowest BCUT2D eigenvalue weighted by Crippen LogP contribution is -2.40. The highest BCUT2D eigenvalue weighted by atomic mass is 16.5. The number of nitrogens with zero attached hydrogens (tertiary/aromatic N) is 1. The molecule has 1 amide bonds. The van der Waals surface area contributed by atoms with Gasteiger partial charge < -0.3 is 15.0 Å². The fraction of sp³-hybridized carbons (Fsp3) is 0.429. The Hall–Kier alpha value is -3.08. The number of esters is 1. The summed E-state index contributed by atoms with van der Waals surface area (Å²) in [5.74, 6) is -0.425. The normalized spacial score (nSPS) is 15.8. The number of anilines is 1. The minimum absolute atomic E-state index is 0.0765. The van der Waals surface area contributed by atoms with Crippen molar-refractivity contribution in [3.63, 3.8) is 0 Å². The summed E-state index contributed by atoms with van der Waals surface area (Å²) in [4.78, 5) is 27.2. The number of amides is 1. The molecule has 0 aliphatic carbocycles. The van der Waals surface area contributed by atoms with E-state index < -0.39 is 0 Å². The van der Waals surface area contributed by atoms with E-state index in [0.29, 0.717) is 12.2 Å². The summed E-state index contributed by atoms with van der Waals surface area (Å²) in [5.41, 5.74) is 4.70. The zero-order valence-electron chi connectivity index (χ0n) is 20.3. The molecule has 0 radical (unpaired) electrons. The van der Waals surface area contributed by atoms with Crippen LogP contribution < -0.4 is 10.2 Å². The van der Waals surface area contributed by atoms with E-state index in [-0.39, 0.29) is 23.7 Å². The zero-order valence-corrected chi connectivity index (χ0v) is 20.3. The third kappa shape index (κ3) is 6.70. The molecule has 1 N–H and O–H groups in total.